The van der Waals surface area contributed by atoms with Gasteiger partial charge in [-0.3, -0.25) is 4.79 Å². The van der Waals surface area contributed by atoms with Gasteiger partial charge in [0.15, 0.2) is 0 Å². The summed E-state index contributed by atoms with van der Waals surface area (Å²) >= 11 is 0. The fraction of sp³-hybridized carbons (Fsp3) is 0.471. The number of carbonyl (C=O) groups is 3. The van der Waals surface area contributed by atoms with Crippen molar-refractivity contribution in [1.29, 1.82) is 0 Å². The summed E-state index contributed by atoms with van der Waals surface area (Å²) in [7, 11) is 2.51. The lowest BCUT2D eigenvalue weighted by Crippen LogP contribution is -2.60. The van der Waals surface area contributed by atoms with Crippen molar-refractivity contribution in [2.24, 2.45) is 0 Å². The minimum atomic E-state index is -1.50. The number of ether oxygens (including phenoxy) is 2. The number of benzene rings is 1. The van der Waals surface area contributed by atoms with Gasteiger partial charge in [0, 0.05) is 25.1 Å². The van der Waals surface area contributed by atoms with Gasteiger partial charge in [-0.2, -0.15) is 0 Å². The van der Waals surface area contributed by atoms with Crippen LogP contribution < -0.4 is 4.90 Å². The zero-order chi connectivity index (χ0) is 17.2. The van der Waals surface area contributed by atoms with Gasteiger partial charge in [-0.25, -0.2) is 9.59 Å². The van der Waals surface area contributed by atoms with Crippen LogP contribution in [-0.2, 0) is 36.7 Å². The summed E-state index contributed by atoms with van der Waals surface area (Å²) in [6.45, 7) is 3.83. The number of likely N-dealkylation sites (N-methyl/N-ethyl adjacent to an activating group) is 1. The number of ketones is 1. The fourth-order valence-electron chi connectivity index (χ4n) is 3.24. The fourth-order valence-corrected chi connectivity index (χ4v) is 3.24. The lowest BCUT2D eigenvalue weighted by atomic mass is 9.93. The summed E-state index contributed by atoms with van der Waals surface area (Å²) < 4.78 is 9.77. The molecule has 0 saturated carbocycles. The molecule has 0 radical (unpaired) electrons. The van der Waals surface area contributed by atoms with Crippen LogP contribution in [0.3, 0.4) is 0 Å². The van der Waals surface area contributed by atoms with E-state index in [9.17, 15) is 14.4 Å². The Morgan fingerprint density at radius 1 is 1.17 bits per heavy atom. The first kappa shape index (κ1) is 17.0. The zero-order valence-corrected chi connectivity index (χ0v) is 13.8. The van der Waals surface area contributed by atoms with E-state index in [0.29, 0.717) is 13.0 Å². The zero-order valence-electron chi connectivity index (χ0n) is 13.8. The standard InChI is InChI=1S/C17H21NO5/c1-5-18-14-7-6-12(8-11(2)19)9-13(14)10-17(18,15(20)22-3)16(21)23-4/h6-7,9H,5,8,10H2,1-4H3. The van der Waals surface area contributed by atoms with E-state index in [1.807, 2.05) is 25.1 Å². The van der Waals surface area contributed by atoms with Gasteiger partial charge in [-0.05, 0) is 31.0 Å². The monoisotopic (exact) mass is 319 g/mol. The maximum atomic E-state index is 12.4. The Bertz CT molecular complexity index is 636. The largest absolute Gasteiger partial charge is 0.467 e. The smallest absolute Gasteiger partial charge is 0.343 e. The third-order valence-electron chi connectivity index (χ3n) is 4.16. The molecule has 0 N–H and O–H groups in total. The summed E-state index contributed by atoms with van der Waals surface area (Å²) in [5.41, 5.74) is 0.977. The molecule has 1 aliphatic heterocycles. The predicted molar refractivity (Wildman–Crippen MR) is 84.3 cm³/mol. The van der Waals surface area contributed by atoms with Crippen LogP contribution in [0.5, 0.6) is 0 Å². The maximum absolute atomic E-state index is 12.4. The van der Waals surface area contributed by atoms with Crippen molar-refractivity contribution in [3.8, 4) is 0 Å². The predicted octanol–water partition coefficient (Wildman–Crippen LogP) is 1.29. The summed E-state index contributed by atoms with van der Waals surface area (Å²) in [5.74, 6) is -1.23. The first-order valence-electron chi connectivity index (χ1n) is 7.46. The van der Waals surface area contributed by atoms with E-state index < -0.39 is 17.5 Å². The summed E-state index contributed by atoms with van der Waals surface area (Å²) in [4.78, 5) is 37.9. The Labute approximate surface area is 135 Å². The van der Waals surface area contributed by atoms with Crippen molar-refractivity contribution in [1.82, 2.24) is 0 Å². The highest BCUT2D eigenvalue weighted by molar-refractivity contribution is 6.10. The van der Waals surface area contributed by atoms with Crippen LogP contribution >= 0.6 is 0 Å². The maximum Gasteiger partial charge on any atom is 0.343 e. The Morgan fingerprint density at radius 2 is 1.78 bits per heavy atom. The van der Waals surface area contributed by atoms with Crippen LogP contribution in [0.2, 0.25) is 0 Å². The van der Waals surface area contributed by atoms with Crippen molar-refractivity contribution < 1.29 is 23.9 Å². The van der Waals surface area contributed by atoms with Gasteiger partial charge in [-0.1, -0.05) is 12.1 Å². The molecule has 0 saturated heterocycles. The molecule has 1 aliphatic rings. The molecule has 0 amide bonds. The van der Waals surface area contributed by atoms with Crippen LogP contribution in [0.4, 0.5) is 5.69 Å². The summed E-state index contributed by atoms with van der Waals surface area (Å²) in [5, 5.41) is 0. The lowest BCUT2D eigenvalue weighted by molar-refractivity contribution is -0.160. The lowest BCUT2D eigenvalue weighted by Gasteiger charge is -2.34. The second-order valence-electron chi connectivity index (χ2n) is 5.61. The van der Waals surface area contributed by atoms with Crippen LogP contribution in [-0.4, -0.2) is 44.0 Å². The molecular formula is C17H21NO5. The topological polar surface area (TPSA) is 72.9 Å². The van der Waals surface area contributed by atoms with Crippen LogP contribution in [0.1, 0.15) is 25.0 Å². The van der Waals surface area contributed by atoms with Gasteiger partial charge in [0.25, 0.3) is 0 Å². The van der Waals surface area contributed by atoms with E-state index >= 15 is 0 Å². The van der Waals surface area contributed by atoms with E-state index in [4.69, 9.17) is 9.47 Å². The van der Waals surface area contributed by atoms with E-state index in [2.05, 4.69) is 0 Å². The van der Waals surface area contributed by atoms with Crippen molar-refractivity contribution >= 4 is 23.4 Å². The molecule has 1 heterocycles. The minimum absolute atomic E-state index is 0.0579. The normalized spacial score (nSPS) is 15.0. The molecule has 0 aliphatic carbocycles. The minimum Gasteiger partial charge on any atom is -0.467 e. The number of esters is 2. The molecular weight excluding hydrogens is 298 g/mol. The molecule has 6 heteroatoms. The van der Waals surface area contributed by atoms with Crippen LogP contribution in [0, 0.1) is 0 Å². The number of nitrogens with zero attached hydrogens (tertiary/aromatic N) is 1. The molecule has 1 aromatic carbocycles. The number of hydrogen-bond donors (Lipinski definition) is 0. The molecule has 6 nitrogen and oxygen atoms in total. The highest BCUT2D eigenvalue weighted by Gasteiger charge is 2.57. The number of methoxy groups -OCH3 is 2. The Morgan fingerprint density at radius 3 is 2.26 bits per heavy atom. The average Bonchev–Trinajstić information content (AvgIpc) is 2.86. The van der Waals surface area contributed by atoms with Crippen LogP contribution in [0.25, 0.3) is 0 Å². The highest BCUT2D eigenvalue weighted by Crippen LogP contribution is 2.40. The second kappa shape index (κ2) is 6.40. The molecule has 124 valence electrons. The summed E-state index contributed by atoms with van der Waals surface area (Å²) in [6.07, 6.45) is 0.490. The van der Waals surface area contributed by atoms with Gasteiger partial charge in [0.05, 0.1) is 14.2 Å². The van der Waals surface area contributed by atoms with Gasteiger partial charge < -0.3 is 14.4 Å². The molecule has 0 unspecified atom stereocenters. The van der Waals surface area contributed by atoms with Crippen LogP contribution in [0.15, 0.2) is 18.2 Å². The van der Waals surface area contributed by atoms with Crippen molar-refractivity contribution in [3.63, 3.8) is 0 Å². The highest BCUT2D eigenvalue weighted by atomic mass is 16.5. The van der Waals surface area contributed by atoms with Gasteiger partial charge in [0.1, 0.15) is 5.78 Å². The van der Waals surface area contributed by atoms with E-state index in [1.54, 1.807) is 4.90 Å². The SMILES string of the molecule is CCN1c2ccc(CC(C)=O)cc2CC1(C(=O)OC)C(=O)OC. The molecule has 23 heavy (non-hydrogen) atoms. The van der Waals surface area contributed by atoms with E-state index in [0.717, 1.165) is 16.8 Å². The average molecular weight is 319 g/mol. The molecule has 2 rings (SSSR count). The number of fused-ring (bicyclic) bond motifs is 1. The third-order valence-corrected chi connectivity index (χ3v) is 4.16. The Hall–Kier alpha value is -2.37. The molecule has 0 spiro atoms. The van der Waals surface area contributed by atoms with Crippen molar-refractivity contribution in [2.75, 3.05) is 25.7 Å². The van der Waals surface area contributed by atoms with Crippen molar-refractivity contribution in [3.05, 3.63) is 29.3 Å². The Kier molecular flexibility index (Phi) is 4.73. The number of carbonyl (C=O) groups excluding carboxylic acids is 3. The molecule has 0 aromatic heterocycles. The summed E-state index contributed by atoms with van der Waals surface area (Å²) in [6, 6.07) is 5.55. The molecule has 1 aromatic rings. The third kappa shape index (κ3) is 2.69. The van der Waals surface area contributed by atoms with Crippen molar-refractivity contribution in [2.45, 2.75) is 32.2 Å². The quantitative estimate of drug-likeness (QED) is 0.601. The Balaban J connectivity index is 2.53. The second-order valence-corrected chi connectivity index (χ2v) is 5.61. The first-order valence-corrected chi connectivity index (χ1v) is 7.46. The van der Waals surface area contributed by atoms with E-state index in [1.165, 1.54) is 21.1 Å². The molecule has 0 bridgehead atoms. The number of hydrogen-bond acceptors (Lipinski definition) is 6. The van der Waals surface area contributed by atoms with E-state index in [-0.39, 0.29) is 12.2 Å². The number of rotatable bonds is 5. The van der Waals surface area contributed by atoms with Gasteiger partial charge in [-0.15, -0.1) is 0 Å². The molecule has 0 atom stereocenters. The van der Waals surface area contributed by atoms with Gasteiger partial charge in [0.2, 0.25) is 5.54 Å². The molecule has 0 fully saturated rings. The number of anilines is 1. The first-order chi connectivity index (χ1) is 10.9. The number of Topliss-reactive ketones (excluding diaryl/α,β-unsaturated/α-hetero) is 1. The van der Waals surface area contributed by atoms with Gasteiger partial charge >= 0.3 is 11.9 Å².